The molecule has 0 saturated heterocycles. The van der Waals surface area contributed by atoms with Gasteiger partial charge in [0.15, 0.2) is 5.96 Å². The number of rotatable bonds is 6. The third-order valence-electron chi connectivity index (χ3n) is 3.66. The van der Waals surface area contributed by atoms with Gasteiger partial charge in [0, 0.05) is 25.7 Å². The summed E-state index contributed by atoms with van der Waals surface area (Å²) >= 11 is 0. The second kappa shape index (κ2) is 6.84. The van der Waals surface area contributed by atoms with E-state index in [9.17, 15) is 0 Å². The van der Waals surface area contributed by atoms with E-state index < -0.39 is 0 Å². The zero-order chi connectivity index (χ0) is 12.8. The SMILES string of the molecule is CCN(CC)C(C)CNC(=NC)NC1CC1C. The van der Waals surface area contributed by atoms with Crippen LogP contribution in [0.5, 0.6) is 0 Å². The summed E-state index contributed by atoms with van der Waals surface area (Å²) in [6, 6.07) is 1.17. The Labute approximate surface area is 106 Å². The summed E-state index contributed by atoms with van der Waals surface area (Å²) in [4.78, 5) is 6.71. The van der Waals surface area contributed by atoms with Crippen molar-refractivity contribution in [3.8, 4) is 0 Å². The molecule has 2 N–H and O–H groups in total. The minimum absolute atomic E-state index is 0.542. The number of likely N-dealkylation sites (N-methyl/N-ethyl adjacent to an activating group) is 1. The molecule has 1 saturated carbocycles. The summed E-state index contributed by atoms with van der Waals surface area (Å²) in [6.07, 6.45) is 1.27. The first kappa shape index (κ1) is 14.3. The Morgan fingerprint density at radius 2 is 2.00 bits per heavy atom. The highest BCUT2D eigenvalue weighted by atomic mass is 15.2. The molecule has 0 spiro atoms. The third kappa shape index (κ3) is 4.54. The number of aliphatic imine (C=N–C) groups is 1. The maximum atomic E-state index is 4.26. The predicted octanol–water partition coefficient (Wildman–Crippen LogP) is 1.29. The molecule has 0 aromatic rings. The second-order valence-corrected chi connectivity index (χ2v) is 4.99. The van der Waals surface area contributed by atoms with Gasteiger partial charge in [-0.1, -0.05) is 20.8 Å². The van der Waals surface area contributed by atoms with Gasteiger partial charge in [0.25, 0.3) is 0 Å². The lowest BCUT2D eigenvalue weighted by atomic mass is 10.3. The number of hydrogen-bond acceptors (Lipinski definition) is 2. The van der Waals surface area contributed by atoms with Crippen LogP contribution in [0.3, 0.4) is 0 Å². The monoisotopic (exact) mass is 240 g/mol. The van der Waals surface area contributed by atoms with Crippen molar-refractivity contribution in [2.75, 3.05) is 26.7 Å². The van der Waals surface area contributed by atoms with E-state index in [0.29, 0.717) is 12.1 Å². The first-order valence-corrected chi connectivity index (χ1v) is 6.83. The summed E-state index contributed by atoms with van der Waals surface area (Å²) in [5.74, 6) is 1.74. The molecular formula is C13H28N4. The highest BCUT2D eigenvalue weighted by Gasteiger charge is 2.33. The van der Waals surface area contributed by atoms with E-state index in [1.54, 1.807) is 0 Å². The summed E-state index contributed by atoms with van der Waals surface area (Å²) < 4.78 is 0. The zero-order valence-corrected chi connectivity index (χ0v) is 12.0. The molecule has 17 heavy (non-hydrogen) atoms. The lowest BCUT2D eigenvalue weighted by Gasteiger charge is -2.27. The van der Waals surface area contributed by atoms with Gasteiger partial charge in [0.05, 0.1) is 0 Å². The van der Waals surface area contributed by atoms with E-state index in [-0.39, 0.29) is 0 Å². The molecule has 0 aliphatic heterocycles. The van der Waals surface area contributed by atoms with Crippen molar-refractivity contribution in [2.24, 2.45) is 10.9 Å². The standard InChI is InChI=1S/C13H28N4/c1-6-17(7-2)11(4)9-15-13(14-5)16-12-8-10(12)3/h10-12H,6-9H2,1-5H3,(H2,14,15,16). The molecule has 3 atom stereocenters. The highest BCUT2D eigenvalue weighted by Crippen LogP contribution is 2.28. The van der Waals surface area contributed by atoms with Gasteiger partial charge in [0.1, 0.15) is 0 Å². The van der Waals surface area contributed by atoms with Gasteiger partial charge >= 0.3 is 0 Å². The van der Waals surface area contributed by atoms with Crippen molar-refractivity contribution in [2.45, 2.75) is 46.2 Å². The van der Waals surface area contributed by atoms with Crippen LogP contribution in [-0.2, 0) is 0 Å². The Morgan fingerprint density at radius 1 is 1.41 bits per heavy atom. The molecule has 4 heteroatoms. The van der Waals surface area contributed by atoms with Crippen LogP contribution in [0.2, 0.25) is 0 Å². The van der Waals surface area contributed by atoms with Crippen LogP contribution in [0.4, 0.5) is 0 Å². The van der Waals surface area contributed by atoms with E-state index in [2.05, 4.69) is 48.2 Å². The average molecular weight is 240 g/mol. The normalized spacial score (nSPS) is 25.9. The first-order valence-electron chi connectivity index (χ1n) is 6.83. The van der Waals surface area contributed by atoms with Gasteiger partial charge in [-0.2, -0.15) is 0 Å². The quantitative estimate of drug-likeness (QED) is 0.543. The number of hydrogen-bond donors (Lipinski definition) is 2. The lowest BCUT2D eigenvalue weighted by Crippen LogP contribution is -2.46. The molecule has 4 nitrogen and oxygen atoms in total. The molecular weight excluding hydrogens is 212 g/mol. The molecule has 0 bridgehead atoms. The van der Waals surface area contributed by atoms with E-state index in [1.165, 1.54) is 6.42 Å². The minimum atomic E-state index is 0.542. The maximum absolute atomic E-state index is 4.26. The fraction of sp³-hybridized carbons (Fsp3) is 0.923. The topological polar surface area (TPSA) is 39.7 Å². The Hall–Kier alpha value is -0.770. The van der Waals surface area contributed by atoms with Crippen molar-refractivity contribution in [3.05, 3.63) is 0 Å². The summed E-state index contributed by atoms with van der Waals surface area (Å²) in [6.45, 7) is 12.1. The van der Waals surface area contributed by atoms with Crippen molar-refractivity contribution >= 4 is 5.96 Å². The van der Waals surface area contributed by atoms with Crippen LogP contribution in [-0.4, -0.2) is 49.6 Å². The Bertz CT molecular complexity index is 248. The van der Waals surface area contributed by atoms with Crippen LogP contribution < -0.4 is 10.6 Å². The number of guanidine groups is 1. The van der Waals surface area contributed by atoms with Crippen molar-refractivity contribution < 1.29 is 0 Å². The predicted molar refractivity (Wildman–Crippen MR) is 74.4 cm³/mol. The van der Waals surface area contributed by atoms with Gasteiger partial charge < -0.3 is 10.6 Å². The second-order valence-electron chi connectivity index (χ2n) is 4.99. The van der Waals surface area contributed by atoms with Crippen LogP contribution in [0, 0.1) is 5.92 Å². The first-order chi connectivity index (χ1) is 8.12. The summed E-state index contributed by atoms with van der Waals surface area (Å²) in [7, 11) is 1.84. The average Bonchev–Trinajstić information content (AvgIpc) is 3.01. The fourth-order valence-corrected chi connectivity index (χ4v) is 2.11. The number of nitrogens with zero attached hydrogens (tertiary/aromatic N) is 2. The molecule has 1 rings (SSSR count). The van der Waals surface area contributed by atoms with Crippen LogP contribution in [0.15, 0.2) is 4.99 Å². The van der Waals surface area contributed by atoms with Gasteiger partial charge in [-0.15, -0.1) is 0 Å². The summed E-state index contributed by atoms with van der Waals surface area (Å²) in [5.41, 5.74) is 0. The molecule has 1 aliphatic rings. The smallest absolute Gasteiger partial charge is 0.191 e. The molecule has 0 radical (unpaired) electrons. The van der Waals surface area contributed by atoms with Crippen LogP contribution >= 0.6 is 0 Å². The Kier molecular flexibility index (Phi) is 5.75. The van der Waals surface area contributed by atoms with E-state index >= 15 is 0 Å². The highest BCUT2D eigenvalue weighted by molar-refractivity contribution is 5.80. The Morgan fingerprint density at radius 3 is 2.41 bits per heavy atom. The molecule has 3 unspecified atom stereocenters. The van der Waals surface area contributed by atoms with Gasteiger partial charge in [-0.3, -0.25) is 9.89 Å². The molecule has 100 valence electrons. The molecule has 1 fully saturated rings. The van der Waals surface area contributed by atoms with E-state index in [4.69, 9.17) is 0 Å². The lowest BCUT2D eigenvalue weighted by molar-refractivity contribution is 0.231. The Balaban J connectivity index is 2.27. The summed E-state index contributed by atoms with van der Waals surface area (Å²) in [5, 5.41) is 6.85. The van der Waals surface area contributed by atoms with Crippen LogP contribution in [0.1, 0.15) is 34.1 Å². The molecule has 0 amide bonds. The molecule has 0 aromatic heterocycles. The number of nitrogens with one attached hydrogen (secondary N) is 2. The van der Waals surface area contributed by atoms with Gasteiger partial charge in [0.2, 0.25) is 0 Å². The van der Waals surface area contributed by atoms with Crippen LogP contribution in [0.25, 0.3) is 0 Å². The van der Waals surface area contributed by atoms with Gasteiger partial charge in [-0.05, 0) is 32.4 Å². The molecule has 1 aliphatic carbocycles. The van der Waals surface area contributed by atoms with Crippen molar-refractivity contribution in [3.63, 3.8) is 0 Å². The van der Waals surface area contributed by atoms with E-state index in [1.807, 2.05) is 7.05 Å². The van der Waals surface area contributed by atoms with Crippen molar-refractivity contribution in [1.29, 1.82) is 0 Å². The fourth-order valence-electron chi connectivity index (χ4n) is 2.11. The van der Waals surface area contributed by atoms with E-state index in [0.717, 1.165) is 31.5 Å². The molecule has 0 heterocycles. The van der Waals surface area contributed by atoms with Gasteiger partial charge in [-0.25, -0.2) is 0 Å². The van der Waals surface area contributed by atoms with Crippen molar-refractivity contribution in [1.82, 2.24) is 15.5 Å². The minimum Gasteiger partial charge on any atom is -0.355 e. The molecule has 0 aromatic carbocycles. The zero-order valence-electron chi connectivity index (χ0n) is 12.0. The largest absolute Gasteiger partial charge is 0.355 e. The maximum Gasteiger partial charge on any atom is 0.191 e. The third-order valence-corrected chi connectivity index (χ3v) is 3.66.